The van der Waals surface area contributed by atoms with Crippen LogP contribution in [0.3, 0.4) is 0 Å². The van der Waals surface area contributed by atoms with Crippen molar-refractivity contribution in [3.05, 3.63) is 59.2 Å². The topological polar surface area (TPSA) is 52.3 Å². The summed E-state index contributed by atoms with van der Waals surface area (Å²) in [6.45, 7) is 0. The maximum absolute atomic E-state index is 13.1. The van der Waals surface area contributed by atoms with Crippen LogP contribution in [0.25, 0.3) is 0 Å². The van der Waals surface area contributed by atoms with Gasteiger partial charge in [-0.25, -0.2) is 8.78 Å². The number of rotatable bonds is 3. The third-order valence-corrected chi connectivity index (χ3v) is 2.69. The zero-order valence-corrected chi connectivity index (χ0v) is 10.1. The Bertz CT molecular complexity index is 641. The number of nitrogens with two attached hydrogens (primary N) is 1. The van der Waals surface area contributed by atoms with Crippen molar-refractivity contribution in [2.24, 2.45) is 0 Å². The van der Waals surface area contributed by atoms with E-state index in [0.717, 1.165) is 12.1 Å². The molecular formula is C14H11F2NO2. The molecule has 0 aliphatic rings. The maximum atomic E-state index is 13.1. The molecule has 0 aliphatic carbocycles. The lowest BCUT2D eigenvalue weighted by Crippen LogP contribution is -2.08. The van der Waals surface area contributed by atoms with Gasteiger partial charge in [0.1, 0.15) is 5.75 Å². The Labute approximate surface area is 108 Å². The predicted molar refractivity (Wildman–Crippen MR) is 67.2 cm³/mol. The maximum Gasteiger partial charge on any atom is 0.198 e. The van der Waals surface area contributed by atoms with E-state index in [4.69, 9.17) is 10.5 Å². The number of ketones is 1. The Balaban J connectivity index is 2.52. The number of ether oxygens (including phenoxy) is 1. The Morgan fingerprint density at radius 2 is 1.89 bits per heavy atom. The van der Waals surface area contributed by atoms with E-state index in [1.165, 1.54) is 19.2 Å². The molecule has 0 aromatic heterocycles. The zero-order chi connectivity index (χ0) is 14.0. The Hall–Kier alpha value is -2.43. The summed E-state index contributed by atoms with van der Waals surface area (Å²) in [4.78, 5) is 12.3. The molecule has 0 saturated carbocycles. The minimum absolute atomic E-state index is 0.00935. The average Bonchev–Trinajstić information content (AvgIpc) is 2.40. The van der Waals surface area contributed by atoms with Gasteiger partial charge in [-0.1, -0.05) is 6.07 Å². The average molecular weight is 263 g/mol. The van der Waals surface area contributed by atoms with Crippen LogP contribution in [0.2, 0.25) is 0 Å². The fourth-order valence-corrected chi connectivity index (χ4v) is 1.74. The molecule has 0 atom stereocenters. The minimum atomic E-state index is -1.08. The number of hydrogen-bond donors (Lipinski definition) is 1. The predicted octanol–water partition coefficient (Wildman–Crippen LogP) is 2.79. The van der Waals surface area contributed by atoms with Crippen LogP contribution in [0.4, 0.5) is 14.5 Å². The van der Waals surface area contributed by atoms with Crippen LogP contribution >= 0.6 is 0 Å². The van der Waals surface area contributed by atoms with Crippen molar-refractivity contribution in [3.63, 3.8) is 0 Å². The molecule has 3 nitrogen and oxygen atoms in total. The van der Waals surface area contributed by atoms with Crippen molar-refractivity contribution < 1.29 is 18.3 Å². The summed E-state index contributed by atoms with van der Waals surface area (Å²) < 4.78 is 31.1. The molecule has 0 fully saturated rings. The summed E-state index contributed by atoms with van der Waals surface area (Å²) in [5.41, 5.74) is 6.10. The first kappa shape index (κ1) is 13.0. The SMILES string of the molecule is COc1cccc(N)c1C(=O)c1ccc(F)c(F)c1. The number of nitrogen functional groups attached to an aromatic ring is 1. The number of halogens is 2. The van der Waals surface area contributed by atoms with Crippen LogP contribution in [0.5, 0.6) is 5.75 Å². The fourth-order valence-electron chi connectivity index (χ4n) is 1.74. The van der Waals surface area contributed by atoms with Gasteiger partial charge in [-0.05, 0) is 30.3 Å². The van der Waals surface area contributed by atoms with Crippen molar-refractivity contribution in [3.8, 4) is 5.75 Å². The standard InChI is InChI=1S/C14H11F2NO2/c1-19-12-4-2-3-11(17)13(12)14(18)8-5-6-9(15)10(16)7-8/h2-7H,17H2,1H3. The summed E-state index contributed by atoms with van der Waals surface area (Å²) in [6, 6.07) is 7.68. The largest absolute Gasteiger partial charge is 0.496 e. The van der Waals surface area contributed by atoms with Crippen molar-refractivity contribution in [1.29, 1.82) is 0 Å². The summed E-state index contributed by atoms with van der Waals surface area (Å²) in [6.07, 6.45) is 0. The van der Waals surface area contributed by atoms with Gasteiger partial charge in [0, 0.05) is 11.3 Å². The number of carbonyl (C=O) groups excluding carboxylic acids is 1. The molecule has 2 aromatic carbocycles. The molecule has 19 heavy (non-hydrogen) atoms. The Kier molecular flexibility index (Phi) is 3.46. The number of methoxy groups -OCH3 is 1. The van der Waals surface area contributed by atoms with Gasteiger partial charge in [-0.3, -0.25) is 4.79 Å². The van der Waals surface area contributed by atoms with E-state index in [1.807, 2.05) is 0 Å². The smallest absolute Gasteiger partial charge is 0.198 e. The lowest BCUT2D eigenvalue weighted by atomic mass is 10.0. The molecule has 0 unspecified atom stereocenters. The lowest BCUT2D eigenvalue weighted by molar-refractivity contribution is 0.103. The van der Waals surface area contributed by atoms with Gasteiger partial charge in [0.25, 0.3) is 0 Å². The van der Waals surface area contributed by atoms with E-state index in [9.17, 15) is 13.6 Å². The van der Waals surface area contributed by atoms with Gasteiger partial charge in [-0.15, -0.1) is 0 Å². The van der Waals surface area contributed by atoms with Crippen LogP contribution < -0.4 is 10.5 Å². The third kappa shape index (κ3) is 2.40. The number of anilines is 1. The number of carbonyl (C=O) groups is 1. The van der Waals surface area contributed by atoms with E-state index in [1.54, 1.807) is 12.1 Å². The van der Waals surface area contributed by atoms with Gasteiger partial charge in [0.2, 0.25) is 0 Å². The van der Waals surface area contributed by atoms with E-state index < -0.39 is 17.4 Å². The van der Waals surface area contributed by atoms with Gasteiger partial charge in [0.05, 0.1) is 12.7 Å². The highest BCUT2D eigenvalue weighted by atomic mass is 19.2. The van der Waals surface area contributed by atoms with Crippen molar-refractivity contribution in [2.75, 3.05) is 12.8 Å². The highest BCUT2D eigenvalue weighted by Gasteiger charge is 2.18. The van der Waals surface area contributed by atoms with E-state index >= 15 is 0 Å². The molecule has 2 aromatic rings. The molecule has 98 valence electrons. The fraction of sp³-hybridized carbons (Fsp3) is 0.0714. The lowest BCUT2D eigenvalue weighted by Gasteiger charge is -2.10. The van der Waals surface area contributed by atoms with E-state index in [2.05, 4.69) is 0 Å². The molecule has 2 N–H and O–H groups in total. The second-order valence-electron chi connectivity index (χ2n) is 3.88. The van der Waals surface area contributed by atoms with Crippen molar-refractivity contribution in [2.45, 2.75) is 0 Å². The third-order valence-electron chi connectivity index (χ3n) is 2.69. The second-order valence-corrected chi connectivity index (χ2v) is 3.88. The highest BCUT2D eigenvalue weighted by molar-refractivity contribution is 6.13. The molecule has 0 heterocycles. The molecular weight excluding hydrogens is 252 g/mol. The van der Waals surface area contributed by atoms with Crippen LogP contribution in [0, 0.1) is 11.6 Å². The molecule has 5 heteroatoms. The van der Waals surface area contributed by atoms with Gasteiger partial charge < -0.3 is 10.5 Å². The molecule has 0 aliphatic heterocycles. The summed E-state index contributed by atoms with van der Waals surface area (Å²) in [5.74, 6) is -2.33. The molecule has 2 rings (SSSR count). The molecule has 0 bridgehead atoms. The zero-order valence-electron chi connectivity index (χ0n) is 10.1. The van der Waals surface area contributed by atoms with E-state index in [0.29, 0.717) is 0 Å². The van der Waals surface area contributed by atoms with Gasteiger partial charge in [0.15, 0.2) is 17.4 Å². The number of benzene rings is 2. The quantitative estimate of drug-likeness (QED) is 0.684. The molecule has 0 spiro atoms. The Morgan fingerprint density at radius 1 is 1.16 bits per heavy atom. The molecule has 0 saturated heterocycles. The van der Waals surface area contributed by atoms with E-state index in [-0.39, 0.29) is 22.6 Å². The normalized spacial score (nSPS) is 10.3. The first-order valence-electron chi connectivity index (χ1n) is 5.47. The van der Waals surface area contributed by atoms with Crippen molar-refractivity contribution in [1.82, 2.24) is 0 Å². The number of hydrogen-bond acceptors (Lipinski definition) is 3. The summed E-state index contributed by atoms with van der Waals surface area (Å²) in [7, 11) is 1.40. The molecule has 0 radical (unpaired) electrons. The summed E-state index contributed by atoms with van der Waals surface area (Å²) >= 11 is 0. The van der Waals surface area contributed by atoms with Crippen molar-refractivity contribution >= 4 is 11.5 Å². The summed E-state index contributed by atoms with van der Waals surface area (Å²) in [5, 5.41) is 0. The first-order chi connectivity index (χ1) is 9.04. The van der Waals surface area contributed by atoms with Gasteiger partial charge in [-0.2, -0.15) is 0 Å². The monoisotopic (exact) mass is 263 g/mol. The molecule has 0 amide bonds. The van der Waals surface area contributed by atoms with Gasteiger partial charge >= 0.3 is 0 Å². The highest BCUT2D eigenvalue weighted by Crippen LogP contribution is 2.27. The van der Waals surface area contributed by atoms with Crippen LogP contribution in [-0.2, 0) is 0 Å². The Morgan fingerprint density at radius 3 is 2.53 bits per heavy atom. The van der Waals surface area contributed by atoms with Crippen LogP contribution in [0.1, 0.15) is 15.9 Å². The first-order valence-corrected chi connectivity index (χ1v) is 5.47. The second kappa shape index (κ2) is 5.06. The van der Waals surface area contributed by atoms with Crippen LogP contribution in [-0.4, -0.2) is 12.9 Å². The minimum Gasteiger partial charge on any atom is -0.496 e. The van der Waals surface area contributed by atoms with Crippen LogP contribution in [0.15, 0.2) is 36.4 Å².